The van der Waals surface area contributed by atoms with E-state index in [1.807, 2.05) is 0 Å². The first-order valence-corrected chi connectivity index (χ1v) is 5.79. The SMILES string of the molecule is COC(=O)CC[C@H](NC(=O)c1ccc([N+](=O)[O-])[nH]1)C(=O)O. The molecule has 10 heteroatoms. The predicted octanol–water partition coefficient (Wildman–Crippen LogP) is 0.0591. The second-order valence-corrected chi connectivity index (χ2v) is 3.99. The van der Waals surface area contributed by atoms with Crippen LogP contribution in [0, 0.1) is 10.1 Å². The number of aliphatic carboxylic acids is 1. The van der Waals surface area contributed by atoms with E-state index in [1.54, 1.807) is 0 Å². The van der Waals surface area contributed by atoms with Gasteiger partial charge in [0.1, 0.15) is 6.04 Å². The van der Waals surface area contributed by atoms with Crippen molar-refractivity contribution in [2.45, 2.75) is 18.9 Å². The number of nitro groups is 1. The van der Waals surface area contributed by atoms with Crippen LogP contribution in [0.4, 0.5) is 5.82 Å². The maximum atomic E-state index is 11.8. The molecule has 1 heterocycles. The summed E-state index contributed by atoms with van der Waals surface area (Å²) in [5.41, 5.74) is -0.147. The standard InChI is InChI=1S/C11H13N3O7/c1-21-9(15)5-3-7(11(17)18)13-10(16)6-2-4-8(12-6)14(19)20/h2,4,7,12H,3,5H2,1H3,(H,13,16)(H,17,18)/t7-/m0/s1. The smallest absolute Gasteiger partial charge is 0.326 e. The Hall–Kier alpha value is -2.91. The summed E-state index contributed by atoms with van der Waals surface area (Å²) in [5.74, 6) is -3.14. The molecule has 1 aromatic rings. The van der Waals surface area contributed by atoms with E-state index in [-0.39, 0.29) is 24.4 Å². The van der Waals surface area contributed by atoms with Crippen LogP contribution in [-0.2, 0) is 14.3 Å². The second-order valence-electron chi connectivity index (χ2n) is 3.99. The number of aromatic nitrogens is 1. The maximum Gasteiger partial charge on any atom is 0.326 e. The number of esters is 1. The fourth-order valence-electron chi connectivity index (χ4n) is 1.48. The highest BCUT2D eigenvalue weighted by atomic mass is 16.6. The molecular formula is C11H13N3O7. The zero-order chi connectivity index (χ0) is 16.0. The van der Waals surface area contributed by atoms with Crippen LogP contribution in [0.25, 0.3) is 0 Å². The van der Waals surface area contributed by atoms with Crippen molar-refractivity contribution in [2.75, 3.05) is 7.11 Å². The van der Waals surface area contributed by atoms with E-state index in [9.17, 15) is 24.5 Å². The number of carboxylic acid groups (broad SMARTS) is 1. The zero-order valence-corrected chi connectivity index (χ0v) is 11.0. The van der Waals surface area contributed by atoms with Crippen molar-refractivity contribution in [2.24, 2.45) is 0 Å². The number of carbonyl (C=O) groups excluding carboxylic acids is 2. The Morgan fingerprint density at radius 2 is 2.14 bits per heavy atom. The Morgan fingerprint density at radius 1 is 1.48 bits per heavy atom. The van der Waals surface area contributed by atoms with E-state index in [0.29, 0.717) is 0 Å². The van der Waals surface area contributed by atoms with Crippen LogP contribution in [0.1, 0.15) is 23.3 Å². The predicted molar refractivity (Wildman–Crippen MR) is 67.6 cm³/mol. The molecular weight excluding hydrogens is 286 g/mol. The number of amides is 1. The Balaban J connectivity index is 2.69. The average Bonchev–Trinajstić information content (AvgIpc) is 2.92. The van der Waals surface area contributed by atoms with Gasteiger partial charge in [0.2, 0.25) is 0 Å². The van der Waals surface area contributed by atoms with Gasteiger partial charge in [-0.25, -0.2) is 9.78 Å². The highest BCUT2D eigenvalue weighted by Gasteiger charge is 2.24. The molecule has 1 aromatic heterocycles. The molecule has 3 N–H and O–H groups in total. The maximum absolute atomic E-state index is 11.8. The van der Waals surface area contributed by atoms with E-state index in [2.05, 4.69) is 15.0 Å². The van der Waals surface area contributed by atoms with E-state index in [0.717, 1.165) is 19.2 Å². The largest absolute Gasteiger partial charge is 0.480 e. The lowest BCUT2D eigenvalue weighted by Crippen LogP contribution is -2.41. The van der Waals surface area contributed by atoms with Crippen LogP contribution in [0.5, 0.6) is 0 Å². The lowest BCUT2D eigenvalue weighted by atomic mass is 10.1. The Bertz CT molecular complexity index is 566. The third kappa shape index (κ3) is 4.60. The van der Waals surface area contributed by atoms with Crippen LogP contribution in [-0.4, -0.2) is 46.0 Å². The number of methoxy groups -OCH3 is 1. The highest BCUT2D eigenvalue weighted by Crippen LogP contribution is 2.10. The number of nitrogens with one attached hydrogen (secondary N) is 2. The van der Waals surface area contributed by atoms with Crippen molar-refractivity contribution in [3.63, 3.8) is 0 Å². The molecule has 0 bridgehead atoms. The Kier molecular flexibility index (Phi) is 5.40. The molecule has 21 heavy (non-hydrogen) atoms. The van der Waals surface area contributed by atoms with Gasteiger partial charge in [0.15, 0.2) is 5.69 Å². The molecule has 0 aliphatic heterocycles. The van der Waals surface area contributed by atoms with Crippen molar-refractivity contribution in [3.8, 4) is 0 Å². The van der Waals surface area contributed by atoms with Crippen LogP contribution in [0.15, 0.2) is 12.1 Å². The fourth-order valence-corrected chi connectivity index (χ4v) is 1.48. The minimum atomic E-state index is -1.33. The fraction of sp³-hybridized carbons (Fsp3) is 0.364. The summed E-state index contributed by atoms with van der Waals surface area (Å²) in [6.45, 7) is 0. The summed E-state index contributed by atoms with van der Waals surface area (Å²) < 4.78 is 4.37. The molecule has 0 saturated carbocycles. The summed E-state index contributed by atoms with van der Waals surface area (Å²) >= 11 is 0. The number of carboxylic acids is 1. The van der Waals surface area contributed by atoms with Gasteiger partial charge in [0, 0.05) is 12.5 Å². The van der Waals surface area contributed by atoms with Gasteiger partial charge in [-0.05, 0) is 17.4 Å². The number of H-pyrrole nitrogens is 1. The molecule has 0 aliphatic rings. The molecule has 0 aliphatic carbocycles. The van der Waals surface area contributed by atoms with Gasteiger partial charge in [0.05, 0.1) is 7.11 Å². The van der Waals surface area contributed by atoms with Gasteiger partial charge in [0.25, 0.3) is 5.91 Å². The van der Waals surface area contributed by atoms with Crippen LogP contribution >= 0.6 is 0 Å². The number of nitrogens with zero attached hydrogens (tertiary/aromatic N) is 1. The molecule has 0 saturated heterocycles. The van der Waals surface area contributed by atoms with Crippen molar-refractivity contribution in [1.82, 2.24) is 10.3 Å². The molecule has 0 radical (unpaired) electrons. The van der Waals surface area contributed by atoms with Crippen molar-refractivity contribution < 1.29 is 29.2 Å². The normalized spacial score (nSPS) is 11.5. The molecule has 114 valence electrons. The van der Waals surface area contributed by atoms with Gasteiger partial charge in [-0.3, -0.25) is 9.59 Å². The molecule has 10 nitrogen and oxygen atoms in total. The number of carbonyl (C=O) groups is 3. The van der Waals surface area contributed by atoms with Gasteiger partial charge in [-0.15, -0.1) is 0 Å². The van der Waals surface area contributed by atoms with Crippen molar-refractivity contribution in [3.05, 3.63) is 27.9 Å². The molecule has 0 fully saturated rings. The van der Waals surface area contributed by atoms with E-state index < -0.39 is 28.8 Å². The van der Waals surface area contributed by atoms with Gasteiger partial charge in [-0.2, -0.15) is 0 Å². The third-order valence-electron chi connectivity index (χ3n) is 2.58. The minimum absolute atomic E-state index is 0.147. The summed E-state index contributed by atoms with van der Waals surface area (Å²) in [7, 11) is 1.16. The van der Waals surface area contributed by atoms with Crippen molar-refractivity contribution >= 4 is 23.7 Å². The molecule has 0 unspecified atom stereocenters. The molecule has 0 spiro atoms. The summed E-state index contributed by atoms with van der Waals surface area (Å²) in [4.78, 5) is 45.7. The number of rotatable bonds is 7. The van der Waals surface area contributed by atoms with Crippen molar-refractivity contribution in [1.29, 1.82) is 0 Å². The number of ether oxygens (including phenoxy) is 1. The number of hydrogen-bond acceptors (Lipinski definition) is 6. The molecule has 1 atom stereocenters. The Morgan fingerprint density at radius 3 is 2.62 bits per heavy atom. The molecule has 0 aromatic carbocycles. The zero-order valence-electron chi connectivity index (χ0n) is 11.0. The molecule has 1 rings (SSSR count). The topological polar surface area (TPSA) is 152 Å². The Labute approximate surface area is 118 Å². The second kappa shape index (κ2) is 7.03. The number of hydrogen-bond donors (Lipinski definition) is 3. The molecule has 1 amide bonds. The minimum Gasteiger partial charge on any atom is -0.480 e. The van der Waals surface area contributed by atoms with Gasteiger partial charge < -0.3 is 25.3 Å². The first-order valence-electron chi connectivity index (χ1n) is 5.79. The first kappa shape index (κ1) is 16.1. The van der Waals surface area contributed by atoms with E-state index in [4.69, 9.17) is 5.11 Å². The quantitative estimate of drug-likeness (QED) is 0.365. The van der Waals surface area contributed by atoms with Crippen LogP contribution in [0.2, 0.25) is 0 Å². The van der Waals surface area contributed by atoms with Crippen LogP contribution < -0.4 is 5.32 Å². The lowest BCUT2D eigenvalue weighted by molar-refractivity contribution is -0.389. The lowest BCUT2D eigenvalue weighted by Gasteiger charge is -2.12. The summed E-state index contributed by atoms with van der Waals surface area (Å²) in [6.07, 6.45) is -0.338. The average molecular weight is 299 g/mol. The van der Waals surface area contributed by atoms with Gasteiger partial charge in [-0.1, -0.05) is 0 Å². The monoisotopic (exact) mass is 299 g/mol. The first-order chi connectivity index (χ1) is 9.85. The van der Waals surface area contributed by atoms with Gasteiger partial charge >= 0.3 is 17.8 Å². The van der Waals surface area contributed by atoms with Crippen LogP contribution in [0.3, 0.4) is 0 Å². The van der Waals surface area contributed by atoms with E-state index in [1.165, 1.54) is 0 Å². The summed E-state index contributed by atoms with van der Waals surface area (Å²) in [5, 5.41) is 21.6. The summed E-state index contributed by atoms with van der Waals surface area (Å²) in [6, 6.07) is 0.935. The number of aromatic amines is 1. The highest BCUT2D eigenvalue weighted by molar-refractivity contribution is 5.95. The third-order valence-corrected chi connectivity index (χ3v) is 2.58. The van der Waals surface area contributed by atoms with E-state index >= 15 is 0 Å².